The minimum Gasteiger partial charge on any atom is -0.506 e. The molecular formula is C16H9ClN2O2S. The van der Waals surface area contributed by atoms with Gasteiger partial charge in [0, 0.05) is 15.1 Å². The SMILES string of the molecule is O=c1[nH]c(-c2sc3ccccc3c2O)nc2cc(Cl)ccc12. The topological polar surface area (TPSA) is 66.0 Å². The molecule has 6 heteroatoms. The van der Waals surface area contributed by atoms with Crippen LogP contribution < -0.4 is 5.56 Å². The highest BCUT2D eigenvalue weighted by molar-refractivity contribution is 7.22. The van der Waals surface area contributed by atoms with Crippen molar-refractivity contribution in [2.75, 3.05) is 0 Å². The van der Waals surface area contributed by atoms with Crippen LogP contribution in [0.2, 0.25) is 5.02 Å². The summed E-state index contributed by atoms with van der Waals surface area (Å²) >= 11 is 7.35. The van der Waals surface area contributed by atoms with Gasteiger partial charge in [0.1, 0.15) is 10.6 Å². The van der Waals surface area contributed by atoms with Crippen LogP contribution in [0.15, 0.2) is 47.3 Å². The Labute approximate surface area is 133 Å². The maximum absolute atomic E-state index is 12.2. The molecule has 0 saturated carbocycles. The molecule has 108 valence electrons. The average molecular weight is 329 g/mol. The summed E-state index contributed by atoms with van der Waals surface area (Å²) in [5.41, 5.74) is 0.247. The Morgan fingerprint density at radius 3 is 2.77 bits per heavy atom. The van der Waals surface area contributed by atoms with Crippen molar-refractivity contribution >= 4 is 43.9 Å². The van der Waals surface area contributed by atoms with Gasteiger partial charge < -0.3 is 10.1 Å². The van der Waals surface area contributed by atoms with E-state index in [1.165, 1.54) is 11.3 Å². The summed E-state index contributed by atoms with van der Waals surface area (Å²) in [6, 6.07) is 12.4. The predicted octanol–water partition coefficient (Wildman–Crippen LogP) is 4.16. The Morgan fingerprint density at radius 1 is 1.14 bits per heavy atom. The van der Waals surface area contributed by atoms with Crippen LogP contribution >= 0.6 is 22.9 Å². The number of hydrogen-bond acceptors (Lipinski definition) is 4. The minimum atomic E-state index is -0.256. The van der Waals surface area contributed by atoms with E-state index in [2.05, 4.69) is 9.97 Å². The van der Waals surface area contributed by atoms with E-state index >= 15 is 0 Å². The van der Waals surface area contributed by atoms with Crippen molar-refractivity contribution in [1.82, 2.24) is 9.97 Å². The maximum atomic E-state index is 12.2. The van der Waals surface area contributed by atoms with E-state index in [0.717, 1.165) is 10.1 Å². The number of rotatable bonds is 1. The third kappa shape index (κ3) is 1.98. The second-order valence-corrected chi connectivity index (χ2v) is 6.34. The molecule has 0 fully saturated rings. The Bertz CT molecular complexity index is 1080. The van der Waals surface area contributed by atoms with E-state index in [1.807, 2.05) is 24.3 Å². The minimum absolute atomic E-state index is 0.130. The van der Waals surface area contributed by atoms with Gasteiger partial charge in [-0.3, -0.25) is 4.79 Å². The van der Waals surface area contributed by atoms with Crippen molar-refractivity contribution in [3.63, 3.8) is 0 Å². The van der Waals surface area contributed by atoms with E-state index in [1.54, 1.807) is 18.2 Å². The fraction of sp³-hybridized carbons (Fsp3) is 0. The summed E-state index contributed by atoms with van der Waals surface area (Å²) in [4.78, 5) is 19.9. The number of benzene rings is 2. The number of aromatic hydroxyl groups is 1. The first-order valence-electron chi connectivity index (χ1n) is 6.54. The quantitative estimate of drug-likeness (QED) is 0.551. The van der Waals surface area contributed by atoms with E-state index in [-0.39, 0.29) is 11.3 Å². The average Bonchev–Trinajstić information content (AvgIpc) is 2.84. The third-order valence-corrected chi connectivity index (χ3v) is 4.85. The first kappa shape index (κ1) is 13.3. The Morgan fingerprint density at radius 2 is 1.95 bits per heavy atom. The van der Waals surface area contributed by atoms with Gasteiger partial charge in [0.25, 0.3) is 5.56 Å². The van der Waals surface area contributed by atoms with Crippen LogP contribution in [-0.4, -0.2) is 15.1 Å². The van der Waals surface area contributed by atoms with Crippen LogP contribution in [0.3, 0.4) is 0 Å². The van der Waals surface area contributed by atoms with Crippen molar-refractivity contribution in [2.24, 2.45) is 0 Å². The molecule has 4 nitrogen and oxygen atoms in total. The summed E-state index contributed by atoms with van der Waals surface area (Å²) in [5.74, 6) is 0.476. The highest BCUT2D eigenvalue weighted by Gasteiger charge is 2.15. The number of thiophene rings is 1. The van der Waals surface area contributed by atoms with Gasteiger partial charge in [-0.25, -0.2) is 4.98 Å². The molecule has 0 radical (unpaired) electrons. The molecule has 0 aliphatic heterocycles. The molecule has 4 rings (SSSR count). The van der Waals surface area contributed by atoms with Gasteiger partial charge in [0.05, 0.1) is 10.9 Å². The second kappa shape index (κ2) is 4.83. The molecule has 2 heterocycles. The Balaban J connectivity index is 2.04. The monoisotopic (exact) mass is 328 g/mol. The molecule has 0 saturated heterocycles. The lowest BCUT2D eigenvalue weighted by Gasteiger charge is -2.02. The lowest BCUT2D eigenvalue weighted by atomic mass is 10.2. The first-order chi connectivity index (χ1) is 10.6. The number of H-pyrrole nitrogens is 1. The van der Waals surface area contributed by atoms with Gasteiger partial charge >= 0.3 is 0 Å². The van der Waals surface area contributed by atoms with Crippen molar-refractivity contribution < 1.29 is 5.11 Å². The second-order valence-electron chi connectivity index (χ2n) is 4.85. The van der Waals surface area contributed by atoms with Gasteiger partial charge in [0.2, 0.25) is 0 Å². The van der Waals surface area contributed by atoms with E-state index in [4.69, 9.17) is 11.6 Å². The molecule has 2 N–H and O–H groups in total. The maximum Gasteiger partial charge on any atom is 0.259 e. The zero-order valence-corrected chi connectivity index (χ0v) is 12.7. The summed E-state index contributed by atoms with van der Waals surface area (Å²) in [6.45, 7) is 0. The summed E-state index contributed by atoms with van der Waals surface area (Å²) in [6.07, 6.45) is 0. The lowest BCUT2D eigenvalue weighted by Crippen LogP contribution is -2.09. The van der Waals surface area contributed by atoms with Gasteiger partial charge in [-0.2, -0.15) is 0 Å². The normalized spacial score (nSPS) is 11.3. The molecule has 2 aromatic heterocycles. The summed E-state index contributed by atoms with van der Waals surface area (Å²) in [7, 11) is 0. The molecule has 0 spiro atoms. The van der Waals surface area contributed by atoms with Crippen molar-refractivity contribution in [2.45, 2.75) is 0 Å². The van der Waals surface area contributed by atoms with Crippen LogP contribution in [0.5, 0.6) is 5.75 Å². The van der Waals surface area contributed by atoms with E-state index in [9.17, 15) is 9.90 Å². The number of aromatic amines is 1. The van der Waals surface area contributed by atoms with Crippen LogP contribution in [0.1, 0.15) is 0 Å². The van der Waals surface area contributed by atoms with Gasteiger partial charge in [-0.1, -0.05) is 23.7 Å². The molecule has 4 aromatic rings. The lowest BCUT2D eigenvalue weighted by molar-refractivity contribution is 0.485. The number of nitrogens with one attached hydrogen (secondary N) is 1. The third-order valence-electron chi connectivity index (χ3n) is 3.45. The number of aromatic nitrogens is 2. The number of halogens is 1. The van der Waals surface area contributed by atoms with E-state index < -0.39 is 0 Å². The fourth-order valence-corrected chi connectivity index (χ4v) is 3.62. The molecule has 0 aliphatic carbocycles. The first-order valence-corrected chi connectivity index (χ1v) is 7.73. The van der Waals surface area contributed by atoms with Crippen LogP contribution in [-0.2, 0) is 0 Å². The highest BCUT2D eigenvalue weighted by atomic mass is 35.5. The number of hydrogen-bond donors (Lipinski definition) is 2. The smallest absolute Gasteiger partial charge is 0.259 e. The van der Waals surface area contributed by atoms with Gasteiger partial charge in [-0.15, -0.1) is 11.3 Å². The molecule has 0 amide bonds. The largest absolute Gasteiger partial charge is 0.506 e. The predicted molar refractivity (Wildman–Crippen MR) is 89.9 cm³/mol. The zero-order valence-electron chi connectivity index (χ0n) is 11.1. The van der Waals surface area contributed by atoms with Crippen LogP contribution in [0.25, 0.3) is 31.7 Å². The van der Waals surface area contributed by atoms with Crippen LogP contribution in [0, 0.1) is 0 Å². The summed E-state index contributed by atoms with van der Waals surface area (Å²) < 4.78 is 0.934. The molecule has 22 heavy (non-hydrogen) atoms. The number of nitrogens with zero attached hydrogens (tertiary/aromatic N) is 1. The van der Waals surface area contributed by atoms with Gasteiger partial charge in [-0.05, 0) is 30.3 Å². The standard InChI is InChI=1S/C16H9ClN2O2S/c17-8-5-6-9-11(7-8)18-15(19-16(9)21)14-13(20)10-3-1-2-4-12(10)22-14/h1-7,20H,(H,18,19,21). The van der Waals surface area contributed by atoms with Crippen molar-refractivity contribution in [3.05, 3.63) is 57.8 Å². The fourth-order valence-electron chi connectivity index (χ4n) is 2.41. The highest BCUT2D eigenvalue weighted by Crippen LogP contribution is 2.42. The molecule has 0 unspecified atom stereocenters. The molecule has 0 aliphatic rings. The zero-order chi connectivity index (χ0) is 15.3. The molecule has 2 aromatic carbocycles. The Kier molecular flexibility index (Phi) is 2.92. The van der Waals surface area contributed by atoms with Gasteiger partial charge in [0.15, 0.2) is 5.82 Å². The Hall–Kier alpha value is -2.37. The molecule has 0 atom stereocenters. The summed E-state index contributed by atoms with van der Waals surface area (Å²) in [5, 5.41) is 12.1. The van der Waals surface area contributed by atoms with Crippen LogP contribution in [0.4, 0.5) is 0 Å². The molecule has 0 bridgehead atoms. The van der Waals surface area contributed by atoms with Crippen molar-refractivity contribution in [1.29, 1.82) is 0 Å². The molecular weight excluding hydrogens is 320 g/mol. The van der Waals surface area contributed by atoms with E-state index in [0.29, 0.717) is 26.6 Å². The number of fused-ring (bicyclic) bond motifs is 2. The van der Waals surface area contributed by atoms with Crippen molar-refractivity contribution in [3.8, 4) is 16.5 Å².